The number of aryl methyl sites for hydroxylation is 2. The van der Waals surface area contributed by atoms with Crippen LogP contribution < -0.4 is 5.32 Å². The molecule has 114 valence electrons. The van der Waals surface area contributed by atoms with Crippen molar-refractivity contribution in [2.75, 3.05) is 24.8 Å². The molecule has 0 unspecified atom stereocenters. The largest absolute Gasteiger partial charge is 0.384 e. The molecule has 0 amide bonds. The van der Waals surface area contributed by atoms with Gasteiger partial charge in [-0.2, -0.15) is 0 Å². The van der Waals surface area contributed by atoms with E-state index in [2.05, 4.69) is 47.6 Å². The van der Waals surface area contributed by atoms with Gasteiger partial charge < -0.3 is 10.1 Å². The number of benzene rings is 1. The first-order valence-electron chi connectivity index (χ1n) is 7.11. The zero-order valence-electron chi connectivity index (χ0n) is 12.7. The van der Waals surface area contributed by atoms with Gasteiger partial charge in [0.1, 0.15) is 0 Å². The Morgan fingerprint density at radius 1 is 1.19 bits per heavy atom. The molecule has 2 rings (SSSR count). The summed E-state index contributed by atoms with van der Waals surface area (Å²) in [7, 11) is 1.71. The summed E-state index contributed by atoms with van der Waals surface area (Å²) in [6.45, 7) is 5.07. The standard InChI is InChI=1S/C15H21N3OS2/c1-4-11-7-6-8-12(5-2)13(11)16-14-17-18-15(21-14)20-10-9-19-3/h6-8H,4-5,9-10H2,1-3H3,(H,16,17). The Morgan fingerprint density at radius 2 is 1.90 bits per heavy atom. The molecule has 0 spiro atoms. The smallest absolute Gasteiger partial charge is 0.210 e. The van der Waals surface area contributed by atoms with E-state index in [1.165, 1.54) is 16.8 Å². The van der Waals surface area contributed by atoms with Gasteiger partial charge in [-0.3, -0.25) is 0 Å². The van der Waals surface area contributed by atoms with Gasteiger partial charge in [0.2, 0.25) is 5.13 Å². The van der Waals surface area contributed by atoms with Crippen molar-refractivity contribution < 1.29 is 4.74 Å². The third-order valence-corrected chi connectivity index (χ3v) is 5.09. The van der Waals surface area contributed by atoms with E-state index in [-0.39, 0.29) is 0 Å². The predicted molar refractivity (Wildman–Crippen MR) is 91.0 cm³/mol. The van der Waals surface area contributed by atoms with Gasteiger partial charge >= 0.3 is 0 Å². The molecule has 21 heavy (non-hydrogen) atoms. The highest BCUT2D eigenvalue weighted by molar-refractivity contribution is 8.01. The van der Waals surface area contributed by atoms with Crippen molar-refractivity contribution in [1.29, 1.82) is 0 Å². The van der Waals surface area contributed by atoms with Crippen LogP contribution in [0.2, 0.25) is 0 Å². The molecule has 1 aromatic heterocycles. The predicted octanol–water partition coefficient (Wildman–Crippen LogP) is 4.15. The molecule has 0 aliphatic rings. The second-order valence-corrected chi connectivity index (χ2v) is 6.82. The number of ether oxygens (including phenoxy) is 1. The van der Waals surface area contributed by atoms with Crippen molar-refractivity contribution in [3.63, 3.8) is 0 Å². The number of hydrogen-bond donors (Lipinski definition) is 1. The highest BCUT2D eigenvalue weighted by atomic mass is 32.2. The third kappa shape index (κ3) is 4.43. The molecular formula is C15H21N3OS2. The maximum Gasteiger partial charge on any atom is 0.210 e. The van der Waals surface area contributed by atoms with Crippen LogP contribution in [0.4, 0.5) is 10.8 Å². The molecule has 0 saturated carbocycles. The highest BCUT2D eigenvalue weighted by Crippen LogP contribution is 2.31. The minimum Gasteiger partial charge on any atom is -0.384 e. The van der Waals surface area contributed by atoms with Crippen molar-refractivity contribution in [3.8, 4) is 0 Å². The van der Waals surface area contributed by atoms with Crippen molar-refractivity contribution in [2.24, 2.45) is 0 Å². The fraction of sp³-hybridized carbons (Fsp3) is 0.467. The first kappa shape index (κ1) is 16.3. The second-order valence-electron chi connectivity index (χ2n) is 4.50. The van der Waals surface area contributed by atoms with Gasteiger partial charge in [-0.1, -0.05) is 55.1 Å². The quantitative estimate of drug-likeness (QED) is 0.584. The Balaban J connectivity index is 2.11. The first-order valence-corrected chi connectivity index (χ1v) is 8.91. The molecule has 6 heteroatoms. The molecule has 0 bridgehead atoms. The summed E-state index contributed by atoms with van der Waals surface area (Å²) in [6.07, 6.45) is 2.01. The number of methoxy groups -OCH3 is 1. The van der Waals surface area contributed by atoms with Gasteiger partial charge in [0.25, 0.3) is 0 Å². The van der Waals surface area contributed by atoms with E-state index in [1.54, 1.807) is 30.2 Å². The maximum absolute atomic E-state index is 5.05. The fourth-order valence-corrected chi connectivity index (χ4v) is 3.77. The van der Waals surface area contributed by atoms with Crippen molar-refractivity contribution in [3.05, 3.63) is 29.3 Å². The number of thioether (sulfide) groups is 1. The van der Waals surface area contributed by atoms with Crippen molar-refractivity contribution >= 4 is 33.9 Å². The number of aromatic nitrogens is 2. The van der Waals surface area contributed by atoms with E-state index in [1.807, 2.05) is 0 Å². The van der Waals surface area contributed by atoms with Crippen LogP contribution in [0.3, 0.4) is 0 Å². The SMILES string of the molecule is CCc1cccc(CC)c1Nc1nnc(SCCOC)s1. The third-order valence-electron chi connectivity index (χ3n) is 3.15. The molecule has 0 atom stereocenters. The Bertz CT molecular complexity index is 550. The van der Waals surface area contributed by atoms with Crippen LogP contribution in [-0.4, -0.2) is 29.7 Å². The van der Waals surface area contributed by atoms with E-state index in [0.717, 1.165) is 34.7 Å². The number of anilines is 2. The lowest BCUT2D eigenvalue weighted by Gasteiger charge is -2.13. The summed E-state index contributed by atoms with van der Waals surface area (Å²) >= 11 is 3.27. The number of para-hydroxylation sites is 1. The highest BCUT2D eigenvalue weighted by Gasteiger charge is 2.10. The molecule has 1 aromatic carbocycles. The summed E-state index contributed by atoms with van der Waals surface area (Å²) in [5.74, 6) is 0.900. The second kappa shape index (κ2) is 8.36. The normalized spacial score (nSPS) is 10.8. The zero-order chi connectivity index (χ0) is 15.1. The Hall–Kier alpha value is -1.11. The van der Waals surface area contributed by atoms with Gasteiger partial charge in [0.15, 0.2) is 4.34 Å². The average molecular weight is 323 g/mol. The molecule has 2 aromatic rings. The first-order chi connectivity index (χ1) is 10.3. The van der Waals surface area contributed by atoms with E-state index in [4.69, 9.17) is 4.74 Å². The summed E-state index contributed by atoms with van der Waals surface area (Å²) in [5, 5.41) is 12.8. The summed E-state index contributed by atoms with van der Waals surface area (Å²) in [5.41, 5.74) is 3.82. The summed E-state index contributed by atoms with van der Waals surface area (Å²) < 4.78 is 6.02. The van der Waals surface area contributed by atoms with Gasteiger partial charge in [0.05, 0.1) is 6.61 Å². The average Bonchev–Trinajstić information content (AvgIpc) is 2.95. The topological polar surface area (TPSA) is 47.0 Å². The van der Waals surface area contributed by atoms with E-state index < -0.39 is 0 Å². The van der Waals surface area contributed by atoms with Crippen LogP contribution in [0.5, 0.6) is 0 Å². The lowest BCUT2D eigenvalue weighted by Crippen LogP contribution is -1.99. The van der Waals surface area contributed by atoms with Crippen molar-refractivity contribution in [2.45, 2.75) is 31.0 Å². The number of nitrogens with zero attached hydrogens (tertiary/aromatic N) is 2. The molecule has 0 aliphatic carbocycles. The molecule has 0 fully saturated rings. The minimum absolute atomic E-state index is 0.728. The molecule has 0 aliphatic heterocycles. The molecule has 4 nitrogen and oxygen atoms in total. The van der Waals surface area contributed by atoms with Crippen LogP contribution in [0.25, 0.3) is 0 Å². The van der Waals surface area contributed by atoms with Crippen LogP contribution in [-0.2, 0) is 17.6 Å². The lowest BCUT2D eigenvalue weighted by atomic mass is 10.0. The van der Waals surface area contributed by atoms with E-state index >= 15 is 0 Å². The molecule has 1 heterocycles. The summed E-state index contributed by atoms with van der Waals surface area (Å²) in [4.78, 5) is 0. The number of rotatable bonds is 8. The minimum atomic E-state index is 0.728. The lowest BCUT2D eigenvalue weighted by molar-refractivity contribution is 0.218. The monoisotopic (exact) mass is 323 g/mol. The Morgan fingerprint density at radius 3 is 2.52 bits per heavy atom. The molecule has 0 radical (unpaired) electrons. The number of nitrogens with one attached hydrogen (secondary N) is 1. The molecule has 1 N–H and O–H groups in total. The van der Waals surface area contributed by atoms with Crippen LogP contribution >= 0.6 is 23.1 Å². The molecular weight excluding hydrogens is 302 g/mol. The van der Waals surface area contributed by atoms with Gasteiger partial charge in [-0.25, -0.2) is 0 Å². The van der Waals surface area contributed by atoms with Crippen LogP contribution in [0.1, 0.15) is 25.0 Å². The van der Waals surface area contributed by atoms with Crippen LogP contribution in [0.15, 0.2) is 22.5 Å². The van der Waals surface area contributed by atoms with Gasteiger partial charge in [0, 0.05) is 18.6 Å². The van der Waals surface area contributed by atoms with Crippen molar-refractivity contribution in [1.82, 2.24) is 10.2 Å². The van der Waals surface area contributed by atoms with E-state index in [0.29, 0.717) is 0 Å². The summed E-state index contributed by atoms with van der Waals surface area (Å²) in [6, 6.07) is 6.45. The van der Waals surface area contributed by atoms with E-state index in [9.17, 15) is 0 Å². The fourth-order valence-electron chi connectivity index (χ4n) is 2.04. The van der Waals surface area contributed by atoms with Crippen LogP contribution in [0, 0.1) is 0 Å². The Labute approximate surface area is 134 Å². The maximum atomic E-state index is 5.05. The van der Waals surface area contributed by atoms with Gasteiger partial charge in [-0.15, -0.1) is 10.2 Å². The van der Waals surface area contributed by atoms with Gasteiger partial charge in [-0.05, 0) is 24.0 Å². The Kier molecular flexibility index (Phi) is 6.48. The zero-order valence-corrected chi connectivity index (χ0v) is 14.3. The number of hydrogen-bond acceptors (Lipinski definition) is 6. The molecule has 0 saturated heterocycles.